The first kappa shape index (κ1) is 11.1. The molecule has 0 heteroatoms. The maximum Gasteiger partial charge on any atom is -0.0386 e. The Labute approximate surface area is 84.1 Å². The molecule has 0 N–H and O–H groups in total. The molecule has 1 aliphatic carbocycles. The molecule has 0 aromatic heterocycles. The predicted molar refractivity (Wildman–Crippen MR) is 59.8 cm³/mol. The van der Waals surface area contributed by atoms with Crippen LogP contribution in [0, 0.1) is 17.8 Å². The molecule has 0 bridgehead atoms. The van der Waals surface area contributed by atoms with Crippen LogP contribution < -0.4 is 0 Å². The van der Waals surface area contributed by atoms with Gasteiger partial charge >= 0.3 is 0 Å². The van der Waals surface area contributed by atoms with Gasteiger partial charge in [-0.3, -0.25) is 0 Å². The van der Waals surface area contributed by atoms with Crippen molar-refractivity contribution in [1.82, 2.24) is 0 Å². The van der Waals surface area contributed by atoms with Crippen LogP contribution in [0.5, 0.6) is 0 Å². The standard InChI is InChI=1S/C13H26/c1-4-6-7-13-9-8-11(3)10-12(13)5-2/h11-13H,4-10H2,1-3H3. The Balaban J connectivity index is 2.33. The van der Waals surface area contributed by atoms with E-state index in [4.69, 9.17) is 0 Å². The first-order valence-electron chi connectivity index (χ1n) is 6.27. The molecule has 0 amide bonds. The number of hydrogen-bond donors (Lipinski definition) is 0. The number of hydrogen-bond acceptors (Lipinski definition) is 0. The van der Waals surface area contributed by atoms with Gasteiger partial charge < -0.3 is 0 Å². The fourth-order valence-electron chi connectivity index (χ4n) is 2.91. The Morgan fingerprint density at radius 3 is 2.46 bits per heavy atom. The Kier molecular flexibility index (Phi) is 4.83. The van der Waals surface area contributed by atoms with Crippen LogP contribution in [-0.2, 0) is 0 Å². The van der Waals surface area contributed by atoms with Crippen molar-refractivity contribution in [3.63, 3.8) is 0 Å². The van der Waals surface area contributed by atoms with Gasteiger partial charge in [-0.2, -0.15) is 0 Å². The van der Waals surface area contributed by atoms with Gasteiger partial charge in [0, 0.05) is 0 Å². The topological polar surface area (TPSA) is 0 Å². The van der Waals surface area contributed by atoms with Gasteiger partial charge in [-0.25, -0.2) is 0 Å². The first-order valence-corrected chi connectivity index (χ1v) is 6.27. The molecule has 0 spiro atoms. The second-order valence-corrected chi connectivity index (χ2v) is 4.99. The van der Waals surface area contributed by atoms with E-state index in [0.29, 0.717) is 0 Å². The van der Waals surface area contributed by atoms with Crippen LogP contribution in [0.25, 0.3) is 0 Å². The summed E-state index contributed by atoms with van der Waals surface area (Å²) in [7, 11) is 0. The highest BCUT2D eigenvalue weighted by atomic mass is 14.3. The normalized spacial score (nSPS) is 34.8. The summed E-state index contributed by atoms with van der Waals surface area (Å²) in [6.45, 7) is 7.12. The lowest BCUT2D eigenvalue weighted by atomic mass is 9.72. The third-order valence-electron chi connectivity index (χ3n) is 3.85. The van der Waals surface area contributed by atoms with Crippen molar-refractivity contribution in [2.45, 2.75) is 65.7 Å². The molecule has 0 aromatic carbocycles. The molecule has 1 fully saturated rings. The van der Waals surface area contributed by atoms with E-state index in [9.17, 15) is 0 Å². The molecule has 1 rings (SSSR count). The van der Waals surface area contributed by atoms with Crippen molar-refractivity contribution >= 4 is 0 Å². The minimum atomic E-state index is 1.00. The average molecular weight is 182 g/mol. The van der Waals surface area contributed by atoms with Gasteiger partial charge in [0.1, 0.15) is 0 Å². The monoisotopic (exact) mass is 182 g/mol. The first-order chi connectivity index (χ1) is 6.27. The molecule has 0 nitrogen and oxygen atoms in total. The van der Waals surface area contributed by atoms with Crippen molar-refractivity contribution in [2.24, 2.45) is 17.8 Å². The van der Waals surface area contributed by atoms with Crippen molar-refractivity contribution in [3.8, 4) is 0 Å². The average Bonchev–Trinajstić information content (AvgIpc) is 2.16. The molecule has 3 unspecified atom stereocenters. The van der Waals surface area contributed by atoms with Gasteiger partial charge in [0.15, 0.2) is 0 Å². The lowest BCUT2D eigenvalue weighted by Gasteiger charge is -2.34. The molecule has 0 aliphatic heterocycles. The van der Waals surface area contributed by atoms with Crippen molar-refractivity contribution in [2.75, 3.05) is 0 Å². The van der Waals surface area contributed by atoms with E-state index in [1.807, 2.05) is 0 Å². The van der Waals surface area contributed by atoms with E-state index in [-0.39, 0.29) is 0 Å². The summed E-state index contributed by atoms with van der Waals surface area (Å²) in [4.78, 5) is 0. The smallest absolute Gasteiger partial charge is 0.0386 e. The van der Waals surface area contributed by atoms with E-state index in [1.165, 1.54) is 44.9 Å². The Hall–Kier alpha value is 0. The van der Waals surface area contributed by atoms with Crippen LogP contribution >= 0.6 is 0 Å². The van der Waals surface area contributed by atoms with Crippen LogP contribution in [0.2, 0.25) is 0 Å². The highest BCUT2D eigenvalue weighted by Gasteiger charge is 2.26. The van der Waals surface area contributed by atoms with E-state index in [1.54, 1.807) is 0 Å². The third kappa shape index (κ3) is 3.32. The highest BCUT2D eigenvalue weighted by molar-refractivity contribution is 4.77. The van der Waals surface area contributed by atoms with Crippen LogP contribution in [0.4, 0.5) is 0 Å². The number of rotatable bonds is 4. The maximum absolute atomic E-state index is 2.43. The molecule has 0 saturated heterocycles. The molecule has 3 atom stereocenters. The SMILES string of the molecule is CCCCC1CCC(C)CC1CC. The van der Waals surface area contributed by atoms with E-state index in [2.05, 4.69) is 20.8 Å². The van der Waals surface area contributed by atoms with Gasteiger partial charge in [-0.15, -0.1) is 0 Å². The summed E-state index contributed by atoms with van der Waals surface area (Å²) in [5.74, 6) is 3.12. The molecule has 1 saturated carbocycles. The van der Waals surface area contributed by atoms with Crippen LogP contribution in [-0.4, -0.2) is 0 Å². The van der Waals surface area contributed by atoms with Crippen molar-refractivity contribution < 1.29 is 0 Å². The highest BCUT2D eigenvalue weighted by Crippen LogP contribution is 2.38. The summed E-state index contributed by atoms with van der Waals surface area (Å²) in [6.07, 6.45) is 10.3. The summed E-state index contributed by atoms with van der Waals surface area (Å²) < 4.78 is 0. The zero-order chi connectivity index (χ0) is 9.68. The largest absolute Gasteiger partial charge is 0.0654 e. The Morgan fingerprint density at radius 1 is 1.08 bits per heavy atom. The van der Waals surface area contributed by atoms with E-state index >= 15 is 0 Å². The van der Waals surface area contributed by atoms with E-state index in [0.717, 1.165) is 17.8 Å². The Bertz CT molecular complexity index is 126. The molecule has 0 aromatic rings. The lowest BCUT2D eigenvalue weighted by molar-refractivity contribution is 0.171. The van der Waals surface area contributed by atoms with Crippen LogP contribution in [0.15, 0.2) is 0 Å². The second kappa shape index (κ2) is 5.67. The quantitative estimate of drug-likeness (QED) is 0.594. The summed E-state index contributed by atoms with van der Waals surface area (Å²) in [5.41, 5.74) is 0. The molecular formula is C13H26. The molecule has 0 radical (unpaired) electrons. The Morgan fingerprint density at radius 2 is 1.85 bits per heavy atom. The van der Waals surface area contributed by atoms with Crippen molar-refractivity contribution in [3.05, 3.63) is 0 Å². The minimum absolute atomic E-state index is 1.00. The molecule has 78 valence electrons. The second-order valence-electron chi connectivity index (χ2n) is 4.99. The zero-order valence-corrected chi connectivity index (χ0v) is 9.68. The van der Waals surface area contributed by atoms with Gasteiger partial charge in [-0.1, -0.05) is 52.9 Å². The van der Waals surface area contributed by atoms with Gasteiger partial charge in [-0.05, 0) is 30.6 Å². The van der Waals surface area contributed by atoms with Crippen LogP contribution in [0.1, 0.15) is 65.7 Å². The number of unbranched alkanes of at least 4 members (excludes halogenated alkanes) is 1. The fourth-order valence-corrected chi connectivity index (χ4v) is 2.91. The molecule has 13 heavy (non-hydrogen) atoms. The summed E-state index contributed by atoms with van der Waals surface area (Å²) in [5, 5.41) is 0. The van der Waals surface area contributed by atoms with Gasteiger partial charge in [0.25, 0.3) is 0 Å². The predicted octanol–water partition coefficient (Wildman–Crippen LogP) is 4.64. The van der Waals surface area contributed by atoms with Crippen LogP contribution in [0.3, 0.4) is 0 Å². The third-order valence-corrected chi connectivity index (χ3v) is 3.85. The lowest BCUT2D eigenvalue weighted by Crippen LogP contribution is -2.23. The van der Waals surface area contributed by atoms with E-state index < -0.39 is 0 Å². The van der Waals surface area contributed by atoms with Gasteiger partial charge in [0.05, 0.1) is 0 Å². The molecule has 1 aliphatic rings. The van der Waals surface area contributed by atoms with Crippen molar-refractivity contribution in [1.29, 1.82) is 0 Å². The molecule has 0 heterocycles. The summed E-state index contributed by atoms with van der Waals surface area (Å²) >= 11 is 0. The van der Waals surface area contributed by atoms with Gasteiger partial charge in [0.2, 0.25) is 0 Å². The summed E-state index contributed by atoms with van der Waals surface area (Å²) in [6, 6.07) is 0. The fraction of sp³-hybridized carbons (Fsp3) is 1.00. The zero-order valence-electron chi connectivity index (χ0n) is 9.68. The maximum atomic E-state index is 2.43. The minimum Gasteiger partial charge on any atom is -0.0654 e. The molecular weight excluding hydrogens is 156 g/mol.